The maximum absolute atomic E-state index is 13.7. The fourth-order valence-corrected chi connectivity index (χ4v) is 1.90. The molecule has 0 aliphatic rings. The number of carbonyl (C=O) groups is 1. The molecule has 4 N–H and O–H groups in total. The molecule has 2 atom stereocenters. The second-order valence-corrected chi connectivity index (χ2v) is 5.34. The van der Waals surface area contributed by atoms with Crippen molar-refractivity contribution in [2.45, 2.75) is 32.9 Å². The number of nitrogens with two attached hydrogens (primary N) is 1. The van der Waals surface area contributed by atoms with Crippen molar-refractivity contribution in [1.82, 2.24) is 5.32 Å². The Bertz CT molecular complexity index is 429. The molecule has 0 saturated heterocycles. The number of nitrogens with one attached hydrogen (secondary N) is 1. The molecule has 1 aromatic rings. The molecule has 0 aliphatic carbocycles. The Morgan fingerprint density at radius 3 is 2.39 bits per heavy atom. The van der Waals surface area contributed by atoms with E-state index in [2.05, 4.69) is 5.32 Å². The molecule has 1 aromatic carbocycles. The average molecular weight is 254 g/mol. The molecule has 5 heteroatoms. The van der Waals surface area contributed by atoms with Gasteiger partial charge in [0, 0.05) is 5.56 Å². The minimum atomic E-state index is -1.17. The summed E-state index contributed by atoms with van der Waals surface area (Å²) < 4.78 is 13.7. The fourth-order valence-electron chi connectivity index (χ4n) is 1.90. The van der Waals surface area contributed by atoms with Gasteiger partial charge in [-0.2, -0.15) is 0 Å². The summed E-state index contributed by atoms with van der Waals surface area (Å²) >= 11 is 0. The first-order valence-corrected chi connectivity index (χ1v) is 5.73. The Labute approximate surface area is 106 Å². The lowest BCUT2D eigenvalue weighted by molar-refractivity contribution is 0.166. The van der Waals surface area contributed by atoms with Crippen molar-refractivity contribution in [1.29, 1.82) is 0 Å². The van der Waals surface area contributed by atoms with Crippen LogP contribution >= 0.6 is 0 Å². The lowest BCUT2D eigenvalue weighted by Gasteiger charge is -2.35. The van der Waals surface area contributed by atoms with Gasteiger partial charge in [0.1, 0.15) is 5.82 Å². The first kappa shape index (κ1) is 14.4. The first-order valence-electron chi connectivity index (χ1n) is 5.73. The quantitative estimate of drug-likeness (QED) is 0.775. The highest BCUT2D eigenvalue weighted by Gasteiger charge is 2.33. The van der Waals surface area contributed by atoms with Crippen LogP contribution in [0.2, 0.25) is 0 Å². The average Bonchev–Trinajstić information content (AvgIpc) is 2.24. The van der Waals surface area contributed by atoms with E-state index in [-0.39, 0.29) is 0 Å². The van der Waals surface area contributed by atoms with E-state index in [4.69, 9.17) is 10.8 Å². The van der Waals surface area contributed by atoms with Crippen LogP contribution in [-0.2, 0) is 0 Å². The molecule has 0 aromatic heterocycles. The van der Waals surface area contributed by atoms with Crippen LogP contribution in [0.3, 0.4) is 0 Å². The molecule has 100 valence electrons. The monoisotopic (exact) mass is 254 g/mol. The Hall–Kier alpha value is -1.62. The second-order valence-electron chi connectivity index (χ2n) is 5.34. The summed E-state index contributed by atoms with van der Waals surface area (Å²) in [4.78, 5) is 10.8. The van der Waals surface area contributed by atoms with Crippen LogP contribution in [0.25, 0.3) is 0 Å². The summed E-state index contributed by atoms with van der Waals surface area (Å²) in [6.45, 7) is 5.57. The highest BCUT2D eigenvalue weighted by Crippen LogP contribution is 2.29. The van der Waals surface area contributed by atoms with Crippen molar-refractivity contribution in [2.75, 3.05) is 0 Å². The first-order chi connectivity index (χ1) is 8.23. The zero-order valence-electron chi connectivity index (χ0n) is 10.8. The number of rotatable bonds is 3. The van der Waals surface area contributed by atoms with Gasteiger partial charge in [0.05, 0.1) is 12.1 Å². The minimum Gasteiger partial charge on any atom is -0.465 e. The van der Waals surface area contributed by atoms with Gasteiger partial charge in [0.15, 0.2) is 0 Å². The van der Waals surface area contributed by atoms with Gasteiger partial charge in [-0.05, 0) is 11.5 Å². The van der Waals surface area contributed by atoms with E-state index in [1.807, 2.05) is 20.8 Å². The van der Waals surface area contributed by atoms with Crippen LogP contribution in [0.1, 0.15) is 32.4 Å². The van der Waals surface area contributed by atoms with Gasteiger partial charge < -0.3 is 16.2 Å². The van der Waals surface area contributed by atoms with Crippen molar-refractivity contribution in [3.8, 4) is 0 Å². The summed E-state index contributed by atoms with van der Waals surface area (Å²) in [5, 5.41) is 11.2. The van der Waals surface area contributed by atoms with E-state index in [0.29, 0.717) is 5.56 Å². The van der Waals surface area contributed by atoms with Crippen LogP contribution in [0.5, 0.6) is 0 Å². The predicted octanol–water partition coefficient (Wildman–Crippen LogP) is 2.51. The Morgan fingerprint density at radius 2 is 1.94 bits per heavy atom. The summed E-state index contributed by atoms with van der Waals surface area (Å²) in [5.74, 6) is -0.425. The molecule has 2 unspecified atom stereocenters. The Balaban J connectivity index is 3.07. The van der Waals surface area contributed by atoms with Crippen LogP contribution in [0.4, 0.5) is 9.18 Å². The zero-order chi connectivity index (χ0) is 13.9. The lowest BCUT2D eigenvalue weighted by atomic mass is 9.80. The third kappa shape index (κ3) is 3.43. The predicted molar refractivity (Wildman–Crippen MR) is 67.7 cm³/mol. The van der Waals surface area contributed by atoms with E-state index in [0.717, 1.165) is 0 Å². The highest BCUT2D eigenvalue weighted by atomic mass is 19.1. The normalized spacial score (nSPS) is 14.9. The molecule has 4 nitrogen and oxygen atoms in total. The minimum absolute atomic E-state index is 0.311. The third-order valence-electron chi connectivity index (χ3n) is 2.84. The molecule has 0 aliphatic heterocycles. The molecular formula is C13H19FN2O2. The molecule has 0 bridgehead atoms. The maximum Gasteiger partial charge on any atom is 0.404 e. The second kappa shape index (κ2) is 5.35. The van der Waals surface area contributed by atoms with Crippen LogP contribution in [-0.4, -0.2) is 17.2 Å². The largest absolute Gasteiger partial charge is 0.465 e. The lowest BCUT2D eigenvalue weighted by Crippen LogP contribution is -2.50. The number of benzene rings is 1. The van der Waals surface area contributed by atoms with Crippen molar-refractivity contribution >= 4 is 6.09 Å². The van der Waals surface area contributed by atoms with Crippen LogP contribution in [0, 0.1) is 11.2 Å². The molecule has 0 heterocycles. The van der Waals surface area contributed by atoms with Gasteiger partial charge in [-0.25, -0.2) is 9.18 Å². The topological polar surface area (TPSA) is 75.3 Å². The summed E-state index contributed by atoms with van der Waals surface area (Å²) in [5.41, 5.74) is 5.90. The number of amides is 1. The van der Waals surface area contributed by atoms with E-state index >= 15 is 0 Å². The Morgan fingerprint density at radius 1 is 1.39 bits per heavy atom. The highest BCUT2D eigenvalue weighted by molar-refractivity contribution is 5.65. The number of carboxylic acid groups (broad SMARTS) is 1. The zero-order valence-corrected chi connectivity index (χ0v) is 10.8. The van der Waals surface area contributed by atoms with Crippen molar-refractivity contribution in [3.63, 3.8) is 0 Å². The fraction of sp³-hybridized carbons (Fsp3) is 0.462. The molecular weight excluding hydrogens is 235 g/mol. The molecule has 0 spiro atoms. The van der Waals surface area contributed by atoms with E-state index < -0.39 is 29.4 Å². The number of hydrogen-bond donors (Lipinski definition) is 3. The third-order valence-corrected chi connectivity index (χ3v) is 2.84. The summed E-state index contributed by atoms with van der Waals surface area (Å²) in [6.07, 6.45) is -1.17. The number of hydrogen-bond acceptors (Lipinski definition) is 2. The van der Waals surface area contributed by atoms with Crippen LogP contribution < -0.4 is 11.1 Å². The standard InChI is InChI=1S/C13H19FN2O2/c1-13(2,3)11(16-12(17)18)10(15)8-6-4-5-7-9(8)14/h4-7,10-11,16H,15H2,1-3H3,(H,17,18). The van der Waals surface area contributed by atoms with Crippen molar-refractivity contribution in [3.05, 3.63) is 35.6 Å². The van der Waals surface area contributed by atoms with Gasteiger partial charge in [-0.15, -0.1) is 0 Å². The number of halogens is 1. The smallest absolute Gasteiger partial charge is 0.404 e. The van der Waals surface area contributed by atoms with Gasteiger partial charge in [0.25, 0.3) is 0 Å². The summed E-state index contributed by atoms with van der Waals surface area (Å²) in [7, 11) is 0. The Kier molecular flexibility index (Phi) is 4.29. The van der Waals surface area contributed by atoms with Gasteiger partial charge in [-0.3, -0.25) is 0 Å². The van der Waals surface area contributed by atoms with Gasteiger partial charge in [0.2, 0.25) is 0 Å². The molecule has 18 heavy (non-hydrogen) atoms. The van der Waals surface area contributed by atoms with E-state index in [1.54, 1.807) is 18.2 Å². The SMILES string of the molecule is CC(C)(C)C(NC(=O)O)C(N)c1ccccc1F. The van der Waals surface area contributed by atoms with Crippen molar-refractivity contribution in [2.24, 2.45) is 11.1 Å². The molecule has 0 fully saturated rings. The van der Waals surface area contributed by atoms with Gasteiger partial charge >= 0.3 is 6.09 Å². The molecule has 0 saturated carbocycles. The molecule has 1 rings (SSSR count). The van der Waals surface area contributed by atoms with Gasteiger partial charge in [-0.1, -0.05) is 39.0 Å². The maximum atomic E-state index is 13.7. The summed E-state index contributed by atoms with van der Waals surface area (Å²) in [6, 6.07) is 4.83. The van der Waals surface area contributed by atoms with Crippen molar-refractivity contribution < 1.29 is 14.3 Å². The molecule has 1 amide bonds. The van der Waals surface area contributed by atoms with E-state index in [1.165, 1.54) is 6.07 Å². The van der Waals surface area contributed by atoms with E-state index in [9.17, 15) is 9.18 Å². The van der Waals surface area contributed by atoms with Crippen LogP contribution in [0.15, 0.2) is 24.3 Å². The molecule has 0 radical (unpaired) electrons.